The van der Waals surface area contributed by atoms with Gasteiger partial charge in [-0.3, -0.25) is 15.2 Å². The van der Waals surface area contributed by atoms with E-state index in [1.54, 1.807) is 0 Å². The normalized spacial score (nSPS) is 14.6. The van der Waals surface area contributed by atoms with Crippen LogP contribution in [0, 0.1) is 5.92 Å². The fourth-order valence-corrected chi connectivity index (χ4v) is 3.25. The highest BCUT2D eigenvalue weighted by molar-refractivity contribution is 5.80. The van der Waals surface area contributed by atoms with Gasteiger partial charge in [-0.1, -0.05) is 62.1 Å². The third kappa shape index (κ3) is 4.35. The van der Waals surface area contributed by atoms with Crippen molar-refractivity contribution in [3.8, 4) is 0 Å². The second-order valence-corrected chi connectivity index (χ2v) is 6.23. The highest BCUT2D eigenvalue weighted by atomic mass is 16.2. The van der Waals surface area contributed by atoms with Crippen molar-refractivity contribution in [1.29, 1.82) is 0 Å². The summed E-state index contributed by atoms with van der Waals surface area (Å²) in [6.45, 7) is 0. The van der Waals surface area contributed by atoms with Crippen molar-refractivity contribution in [2.24, 2.45) is 5.92 Å². The molecule has 120 valence electrons. The molecule has 1 aliphatic carbocycles. The van der Waals surface area contributed by atoms with Crippen LogP contribution in [0.3, 0.4) is 0 Å². The maximum Gasteiger partial charge on any atom is 0.238 e. The SMILES string of the molecule is O=C(CCC1CCCC1)NN(c1ccccc1)c1ccccc1. The minimum atomic E-state index is 0.0876. The number of hydrazine groups is 1. The second kappa shape index (κ2) is 7.82. The number of para-hydroxylation sites is 2. The molecule has 0 radical (unpaired) electrons. The van der Waals surface area contributed by atoms with Gasteiger partial charge in [-0.15, -0.1) is 0 Å². The zero-order valence-corrected chi connectivity index (χ0v) is 13.4. The Hall–Kier alpha value is -2.29. The van der Waals surface area contributed by atoms with Gasteiger partial charge in [-0.25, -0.2) is 0 Å². The fourth-order valence-electron chi connectivity index (χ4n) is 3.25. The number of nitrogens with one attached hydrogen (secondary N) is 1. The lowest BCUT2D eigenvalue weighted by molar-refractivity contribution is -0.121. The first kappa shape index (κ1) is 15.6. The number of rotatable bonds is 6. The van der Waals surface area contributed by atoms with E-state index in [1.165, 1.54) is 25.7 Å². The smallest absolute Gasteiger partial charge is 0.238 e. The van der Waals surface area contributed by atoms with E-state index in [-0.39, 0.29) is 5.91 Å². The summed E-state index contributed by atoms with van der Waals surface area (Å²) in [4.78, 5) is 12.4. The van der Waals surface area contributed by atoms with E-state index in [0.717, 1.165) is 23.7 Å². The molecule has 1 saturated carbocycles. The molecule has 3 nitrogen and oxygen atoms in total. The molecule has 0 spiro atoms. The van der Waals surface area contributed by atoms with Gasteiger partial charge < -0.3 is 0 Å². The first-order chi connectivity index (χ1) is 11.3. The number of hydrogen-bond donors (Lipinski definition) is 1. The van der Waals surface area contributed by atoms with Crippen molar-refractivity contribution in [2.75, 3.05) is 5.01 Å². The van der Waals surface area contributed by atoms with Crippen LogP contribution in [0.5, 0.6) is 0 Å². The highest BCUT2D eigenvalue weighted by Gasteiger charge is 2.17. The predicted octanol–water partition coefficient (Wildman–Crippen LogP) is 4.83. The van der Waals surface area contributed by atoms with Crippen LogP contribution in [-0.2, 0) is 4.79 Å². The van der Waals surface area contributed by atoms with Crippen LogP contribution in [0.2, 0.25) is 0 Å². The summed E-state index contributed by atoms with van der Waals surface area (Å²) >= 11 is 0. The van der Waals surface area contributed by atoms with E-state index in [1.807, 2.05) is 65.7 Å². The van der Waals surface area contributed by atoms with E-state index >= 15 is 0 Å². The van der Waals surface area contributed by atoms with Crippen LogP contribution >= 0.6 is 0 Å². The third-order valence-electron chi connectivity index (χ3n) is 4.52. The minimum absolute atomic E-state index is 0.0876. The molecule has 0 heterocycles. The second-order valence-electron chi connectivity index (χ2n) is 6.23. The van der Waals surface area contributed by atoms with Gasteiger partial charge in [0.2, 0.25) is 5.91 Å². The quantitative estimate of drug-likeness (QED) is 0.775. The lowest BCUT2D eigenvalue weighted by atomic mass is 10.0. The van der Waals surface area contributed by atoms with E-state index in [9.17, 15) is 4.79 Å². The Bertz CT molecular complexity index is 567. The number of hydrogen-bond acceptors (Lipinski definition) is 2. The van der Waals surface area contributed by atoms with Crippen molar-refractivity contribution in [1.82, 2.24) is 5.43 Å². The number of benzene rings is 2. The summed E-state index contributed by atoms with van der Waals surface area (Å²) in [5.74, 6) is 0.826. The van der Waals surface area contributed by atoms with Crippen LogP contribution in [0.15, 0.2) is 60.7 Å². The highest BCUT2D eigenvalue weighted by Crippen LogP contribution is 2.28. The van der Waals surface area contributed by atoms with Gasteiger partial charge in [0.25, 0.3) is 0 Å². The number of carbonyl (C=O) groups is 1. The van der Waals surface area contributed by atoms with Crippen molar-refractivity contribution in [2.45, 2.75) is 38.5 Å². The molecular weight excluding hydrogens is 284 g/mol. The molecule has 0 saturated heterocycles. The Kier molecular flexibility index (Phi) is 5.30. The molecule has 0 atom stereocenters. The Morgan fingerprint density at radius 3 is 1.96 bits per heavy atom. The largest absolute Gasteiger partial charge is 0.273 e. The molecular formula is C20H24N2O. The average molecular weight is 308 g/mol. The van der Waals surface area contributed by atoms with Gasteiger partial charge >= 0.3 is 0 Å². The van der Waals surface area contributed by atoms with Gasteiger partial charge in [-0.05, 0) is 36.6 Å². The topological polar surface area (TPSA) is 32.3 Å². The van der Waals surface area contributed by atoms with Gasteiger partial charge in [0, 0.05) is 6.42 Å². The van der Waals surface area contributed by atoms with Crippen molar-refractivity contribution in [3.05, 3.63) is 60.7 Å². The van der Waals surface area contributed by atoms with Crippen LogP contribution in [0.4, 0.5) is 11.4 Å². The van der Waals surface area contributed by atoms with E-state index in [0.29, 0.717) is 6.42 Å². The van der Waals surface area contributed by atoms with Gasteiger partial charge in [0.05, 0.1) is 11.4 Å². The molecule has 1 aliphatic rings. The lowest BCUT2D eigenvalue weighted by Gasteiger charge is -2.25. The maximum absolute atomic E-state index is 12.4. The Morgan fingerprint density at radius 2 is 1.43 bits per heavy atom. The van der Waals surface area contributed by atoms with Crippen LogP contribution < -0.4 is 10.4 Å². The average Bonchev–Trinajstić information content (AvgIpc) is 3.13. The summed E-state index contributed by atoms with van der Waals surface area (Å²) in [7, 11) is 0. The summed E-state index contributed by atoms with van der Waals surface area (Å²) in [6.07, 6.45) is 6.83. The zero-order valence-electron chi connectivity index (χ0n) is 13.4. The first-order valence-corrected chi connectivity index (χ1v) is 8.52. The Labute approximate surface area is 138 Å². The summed E-state index contributed by atoms with van der Waals surface area (Å²) in [6, 6.07) is 19.9. The van der Waals surface area contributed by atoms with E-state index in [2.05, 4.69) is 5.43 Å². The van der Waals surface area contributed by atoms with E-state index in [4.69, 9.17) is 0 Å². The number of amides is 1. The third-order valence-corrected chi connectivity index (χ3v) is 4.52. The minimum Gasteiger partial charge on any atom is -0.273 e. The predicted molar refractivity (Wildman–Crippen MR) is 94.4 cm³/mol. The van der Waals surface area contributed by atoms with Gasteiger partial charge in [0.1, 0.15) is 0 Å². The van der Waals surface area contributed by atoms with Gasteiger partial charge in [0.15, 0.2) is 0 Å². The fraction of sp³-hybridized carbons (Fsp3) is 0.350. The number of anilines is 2. The summed E-state index contributed by atoms with van der Waals surface area (Å²) in [5, 5.41) is 1.87. The number of carbonyl (C=O) groups excluding carboxylic acids is 1. The molecule has 1 amide bonds. The lowest BCUT2D eigenvalue weighted by Crippen LogP contribution is -2.38. The molecule has 0 aromatic heterocycles. The Morgan fingerprint density at radius 1 is 0.913 bits per heavy atom. The van der Waals surface area contributed by atoms with E-state index < -0.39 is 0 Å². The van der Waals surface area contributed by atoms with Crippen LogP contribution in [-0.4, -0.2) is 5.91 Å². The van der Waals surface area contributed by atoms with Crippen molar-refractivity contribution in [3.63, 3.8) is 0 Å². The summed E-state index contributed by atoms with van der Waals surface area (Å²) in [5.41, 5.74) is 5.00. The number of nitrogens with zero attached hydrogens (tertiary/aromatic N) is 1. The molecule has 1 fully saturated rings. The van der Waals surface area contributed by atoms with Crippen LogP contribution in [0.25, 0.3) is 0 Å². The molecule has 0 unspecified atom stereocenters. The van der Waals surface area contributed by atoms with Crippen LogP contribution in [0.1, 0.15) is 38.5 Å². The molecule has 2 aromatic rings. The molecule has 23 heavy (non-hydrogen) atoms. The zero-order chi connectivity index (χ0) is 15.9. The molecule has 0 bridgehead atoms. The molecule has 1 N–H and O–H groups in total. The van der Waals surface area contributed by atoms with Crippen molar-refractivity contribution >= 4 is 17.3 Å². The van der Waals surface area contributed by atoms with Crippen molar-refractivity contribution < 1.29 is 4.79 Å². The molecule has 2 aromatic carbocycles. The Balaban J connectivity index is 1.67. The molecule has 3 heteroatoms. The maximum atomic E-state index is 12.4. The first-order valence-electron chi connectivity index (χ1n) is 8.52. The molecule has 3 rings (SSSR count). The molecule has 0 aliphatic heterocycles. The summed E-state index contributed by atoms with van der Waals surface area (Å²) < 4.78 is 0. The monoisotopic (exact) mass is 308 g/mol. The van der Waals surface area contributed by atoms with Gasteiger partial charge in [-0.2, -0.15) is 0 Å². The standard InChI is InChI=1S/C20H24N2O/c23-20(16-15-17-9-7-8-10-17)21-22(18-11-3-1-4-12-18)19-13-5-2-6-14-19/h1-6,11-14,17H,7-10,15-16H2,(H,21,23).